The van der Waals surface area contributed by atoms with Gasteiger partial charge in [0.1, 0.15) is 17.8 Å². The molecule has 0 radical (unpaired) electrons. The number of ketones is 1. The molecule has 1 aromatic heterocycles. The molecule has 4 saturated carbocycles. The molecule has 5 nitrogen and oxygen atoms in total. The Balaban J connectivity index is 1.22. The third-order valence-electron chi connectivity index (χ3n) is 11.3. The van der Waals surface area contributed by atoms with E-state index in [0.717, 1.165) is 46.9 Å². The van der Waals surface area contributed by atoms with Crippen molar-refractivity contribution in [3.63, 3.8) is 0 Å². The average Bonchev–Trinajstić information content (AvgIpc) is 3.39. The molecule has 0 amide bonds. The van der Waals surface area contributed by atoms with E-state index in [1.165, 1.54) is 51.4 Å². The van der Waals surface area contributed by atoms with Gasteiger partial charge in [0.2, 0.25) is 0 Å². The Morgan fingerprint density at radius 2 is 1.85 bits per heavy atom. The largest absolute Gasteiger partial charge is 0.497 e. The van der Waals surface area contributed by atoms with Crippen LogP contribution in [0.25, 0.3) is 11.0 Å². The zero-order chi connectivity index (χ0) is 23.7. The van der Waals surface area contributed by atoms with Gasteiger partial charge in [-0.1, -0.05) is 32.4 Å². The Kier molecular flexibility index (Phi) is 5.35. The van der Waals surface area contributed by atoms with E-state index >= 15 is 0 Å². The van der Waals surface area contributed by atoms with E-state index in [1.54, 1.807) is 11.8 Å². The summed E-state index contributed by atoms with van der Waals surface area (Å²) in [6.45, 7) is 7.89. The number of aromatic nitrogens is 3. The maximum absolute atomic E-state index is 13.7. The van der Waals surface area contributed by atoms with Crippen molar-refractivity contribution < 1.29 is 9.53 Å². The van der Waals surface area contributed by atoms with Gasteiger partial charge in [0.25, 0.3) is 0 Å². The fourth-order valence-electron chi connectivity index (χ4n) is 9.45. The predicted molar refractivity (Wildman–Crippen MR) is 133 cm³/mol. The number of rotatable bonds is 4. The van der Waals surface area contributed by atoms with E-state index in [4.69, 9.17) is 4.74 Å². The van der Waals surface area contributed by atoms with Crippen LogP contribution < -0.4 is 4.74 Å². The summed E-state index contributed by atoms with van der Waals surface area (Å²) in [6.07, 6.45) is 11.9. The molecule has 0 saturated heterocycles. The number of carbonyl (C=O) groups excluding carboxylic acids is 1. The standard InChI is InChI=1S/C29H41N3O2/c1-18-11-13-28(2)19(15-18)5-7-21-22-8-9-24(29(22,3)14-12-23(21)28)27(33)17-32-26-16-20(34-4)6-10-25(26)30-31-32/h6,10,16,18-19,21-24H,5,7-9,11-15,17H2,1-4H3/t18?,19?,21?,22?,23?,24?,28-,29-/m0/s1. The van der Waals surface area contributed by atoms with Gasteiger partial charge < -0.3 is 4.74 Å². The molecule has 0 spiro atoms. The molecule has 6 unspecified atom stereocenters. The summed E-state index contributed by atoms with van der Waals surface area (Å²) in [7, 11) is 1.66. The Morgan fingerprint density at radius 3 is 2.68 bits per heavy atom. The second-order valence-electron chi connectivity index (χ2n) is 12.8. The molecule has 4 fully saturated rings. The van der Waals surface area contributed by atoms with E-state index in [9.17, 15) is 4.79 Å². The van der Waals surface area contributed by atoms with Gasteiger partial charge in [-0.05, 0) is 104 Å². The first-order valence-electron chi connectivity index (χ1n) is 13.7. The molecule has 1 aromatic carbocycles. The quantitative estimate of drug-likeness (QED) is 0.534. The topological polar surface area (TPSA) is 57.0 Å². The van der Waals surface area contributed by atoms with Crippen LogP contribution in [0, 0.1) is 46.3 Å². The van der Waals surface area contributed by atoms with Gasteiger partial charge in [-0.3, -0.25) is 4.79 Å². The van der Waals surface area contributed by atoms with E-state index in [2.05, 4.69) is 31.1 Å². The van der Waals surface area contributed by atoms with Crippen molar-refractivity contribution in [2.45, 2.75) is 85.1 Å². The zero-order valence-corrected chi connectivity index (χ0v) is 21.4. The van der Waals surface area contributed by atoms with Crippen LogP contribution >= 0.6 is 0 Å². The molecular formula is C29H41N3O2. The van der Waals surface area contributed by atoms with Crippen molar-refractivity contribution >= 4 is 16.8 Å². The monoisotopic (exact) mass is 463 g/mol. The first kappa shape index (κ1) is 22.5. The van der Waals surface area contributed by atoms with E-state index < -0.39 is 0 Å². The fraction of sp³-hybridized carbons (Fsp3) is 0.759. The highest BCUT2D eigenvalue weighted by Crippen LogP contribution is 2.67. The van der Waals surface area contributed by atoms with Crippen LogP contribution in [0.15, 0.2) is 18.2 Å². The van der Waals surface area contributed by atoms with E-state index in [0.29, 0.717) is 23.7 Å². The van der Waals surface area contributed by atoms with Crippen LogP contribution in [0.1, 0.15) is 78.6 Å². The second-order valence-corrected chi connectivity index (χ2v) is 12.8. The summed E-state index contributed by atoms with van der Waals surface area (Å²) in [5.74, 6) is 5.52. The molecule has 4 aliphatic rings. The SMILES string of the molecule is COc1ccc2nnn(CC(=O)C3CCC4C5CCC6CC(C)CC[C@]6(C)C5CC[C@]34C)c2c1. The molecule has 6 rings (SSSR count). The van der Waals surface area contributed by atoms with E-state index in [1.807, 2.05) is 18.2 Å². The van der Waals surface area contributed by atoms with Crippen LogP contribution in [0.4, 0.5) is 0 Å². The number of nitrogens with zero attached hydrogens (tertiary/aromatic N) is 3. The smallest absolute Gasteiger partial charge is 0.157 e. The van der Waals surface area contributed by atoms with Gasteiger partial charge in [-0.25, -0.2) is 4.68 Å². The summed E-state index contributed by atoms with van der Waals surface area (Å²) >= 11 is 0. The summed E-state index contributed by atoms with van der Waals surface area (Å²) < 4.78 is 7.18. The Bertz CT molecular complexity index is 1090. The maximum Gasteiger partial charge on any atom is 0.157 e. The highest BCUT2D eigenvalue weighted by molar-refractivity contribution is 5.84. The number of hydrogen-bond acceptors (Lipinski definition) is 4. The molecule has 8 atom stereocenters. The molecule has 2 aromatic rings. The summed E-state index contributed by atoms with van der Waals surface area (Å²) in [5, 5.41) is 8.61. The first-order valence-corrected chi connectivity index (χ1v) is 13.7. The van der Waals surface area contributed by atoms with Crippen LogP contribution in [0.5, 0.6) is 5.75 Å². The number of Topliss-reactive ketones (excluding diaryl/α,β-unsaturated/α-hetero) is 1. The minimum absolute atomic E-state index is 0.150. The Labute approximate surface area is 204 Å². The second kappa shape index (κ2) is 8.06. The molecule has 1 heterocycles. The third-order valence-corrected chi connectivity index (χ3v) is 11.3. The molecule has 4 aliphatic carbocycles. The lowest BCUT2D eigenvalue weighted by atomic mass is 9.44. The minimum atomic E-state index is 0.150. The van der Waals surface area contributed by atoms with E-state index in [-0.39, 0.29) is 11.3 Å². The van der Waals surface area contributed by atoms with Crippen LogP contribution in [0.3, 0.4) is 0 Å². The maximum atomic E-state index is 13.7. The molecule has 0 N–H and O–H groups in total. The Hall–Kier alpha value is -1.91. The molecule has 5 heteroatoms. The molecule has 184 valence electrons. The van der Waals surface area contributed by atoms with Gasteiger partial charge in [0, 0.05) is 12.0 Å². The normalized spacial score (nSPS) is 41.5. The third kappa shape index (κ3) is 3.28. The van der Waals surface area contributed by atoms with Gasteiger partial charge >= 0.3 is 0 Å². The number of methoxy groups -OCH3 is 1. The van der Waals surface area contributed by atoms with Crippen molar-refractivity contribution in [2.24, 2.45) is 46.3 Å². The highest BCUT2D eigenvalue weighted by atomic mass is 16.5. The first-order chi connectivity index (χ1) is 16.3. The molecule has 0 aliphatic heterocycles. The van der Waals surface area contributed by atoms with Crippen molar-refractivity contribution in [3.8, 4) is 5.75 Å². The molecular weight excluding hydrogens is 422 g/mol. The number of ether oxygens (including phenoxy) is 1. The molecule has 34 heavy (non-hydrogen) atoms. The fourth-order valence-corrected chi connectivity index (χ4v) is 9.45. The van der Waals surface area contributed by atoms with Gasteiger partial charge in [-0.15, -0.1) is 5.10 Å². The van der Waals surface area contributed by atoms with Crippen molar-refractivity contribution in [1.29, 1.82) is 0 Å². The molecule has 0 bridgehead atoms. The summed E-state index contributed by atoms with van der Waals surface area (Å²) in [6, 6.07) is 5.75. The number of carbonyl (C=O) groups is 1. The summed E-state index contributed by atoms with van der Waals surface area (Å²) in [4.78, 5) is 13.7. The number of hydrogen-bond donors (Lipinski definition) is 0. The Morgan fingerprint density at radius 1 is 1.06 bits per heavy atom. The van der Waals surface area contributed by atoms with Gasteiger partial charge in [0.15, 0.2) is 5.78 Å². The van der Waals surface area contributed by atoms with Crippen LogP contribution in [-0.4, -0.2) is 27.9 Å². The zero-order valence-electron chi connectivity index (χ0n) is 21.4. The summed E-state index contributed by atoms with van der Waals surface area (Å²) in [5.41, 5.74) is 2.39. The van der Waals surface area contributed by atoms with Crippen molar-refractivity contribution in [3.05, 3.63) is 18.2 Å². The van der Waals surface area contributed by atoms with Gasteiger partial charge in [-0.2, -0.15) is 0 Å². The lowest BCUT2D eigenvalue weighted by Gasteiger charge is -2.61. The van der Waals surface area contributed by atoms with Crippen LogP contribution in [0.2, 0.25) is 0 Å². The lowest BCUT2D eigenvalue weighted by molar-refractivity contribution is -0.137. The predicted octanol–water partition coefficient (Wildman–Crippen LogP) is 6.30. The van der Waals surface area contributed by atoms with Crippen molar-refractivity contribution in [1.82, 2.24) is 15.0 Å². The highest BCUT2D eigenvalue weighted by Gasteiger charge is 2.60. The average molecular weight is 464 g/mol. The number of fused-ring (bicyclic) bond motifs is 6. The number of benzene rings is 1. The van der Waals surface area contributed by atoms with Crippen LogP contribution in [-0.2, 0) is 11.3 Å². The minimum Gasteiger partial charge on any atom is -0.497 e. The van der Waals surface area contributed by atoms with Crippen molar-refractivity contribution in [2.75, 3.05) is 7.11 Å². The van der Waals surface area contributed by atoms with Gasteiger partial charge in [0.05, 0.1) is 12.6 Å². The lowest BCUT2D eigenvalue weighted by Crippen LogP contribution is -2.53.